The van der Waals surface area contributed by atoms with E-state index in [1.54, 1.807) is 17.1 Å². The minimum absolute atomic E-state index is 0.162. The van der Waals surface area contributed by atoms with Gasteiger partial charge in [-0.3, -0.25) is 9.69 Å². The van der Waals surface area contributed by atoms with Gasteiger partial charge in [0.2, 0.25) is 5.91 Å². The Morgan fingerprint density at radius 2 is 1.84 bits per heavy atom. The average molecular weight is 337 g/mol. The minimum Gasteiger partial charge on any atom is -0.452 e. The average Bonchev–Trinajstić information content (AvgIpc) is 2.65. The lowest BCUT2D eigenvalue weighted by atomic mass is 9.67. The molecule has 6 heteroatoms. The molecule has 2 heterocycles. The monoisotopic (exact) mass is 337 g/mol. The van der Waals surface area contributed by atoms with Gasteiger partial charge in [-0.1, -0.05) is 30.3 Å². The molecule has 0 aromatic heterocycles. The maximum absolute atomic E-state index is 13.0. The molecule has 0 aliphatic carbocycles. The topological polar surface area (TPSA) is 73.6 Å². The van der Waals surface area contributed by atoms with Crippen LogP contribution in [0.4, 0.5) is 4.79 Å². The van der Waals surface area contributed by atoms with E-state index < -0.39 is 23.1 Å². The van der Waals surface area contributed by atoms with E-state index >= 15 is 0 Å². The van der Waals surface area contributed by atoms with Gasteiger partial charge in [0.05, 0.1) is 18.7 Å². The van der Waals surface area contributed by atoms with Crippen LogP contribution < -0.4 is 0 Å². The Balaban J connectivity index is 1.91. The second-order valence-electron chi connectivity index (χ2n) is 6.57. The van der Waals surface area contributed by atoms with Gasteiger partial charge in [0.1, 0.15) is 11.5 Å². The van der Waals surface area contributed by atoms with Gasteiger partial charge >= 0.3 is 6.09 Å². The molecule has 1 unspecified atom stereocenters. The van der Waals surface area contributed by atoms with Gasteiger partial charge in [0, 0.05) is 12.4 Å². The lowest BCUT2D eigenvalue weighted by Crippen LogP contribution is -2.72. The van der Waals surface area contributed by atoms with Gasteiger partial charge in [-0.2, -0.15) is 5.26 Å². The van der Waals surface area contributed by atoms with Crippen molar-refractivity contribution in [3.63, 3.8) is 0 Å². The van der Waals surface area contributed by atoms with Crippen LogP contribution in [0.5, 0.6) is 0 Å². The van der Waals surface area contributed by atoms with Gasteiger partial charge in [0.25, 0.3) is 0 Å². The number of β-lactam (4-membered cyclic amide) rings is 1. The largest absolute Gasteiger partial charge is 0.452 e. The molecule has 1 spiro atoms. The van der Waals surface area contributed by atoms with Gasteiger partial charge < -0.3 is 9.64 Å². The van der Waals surface area contributed by atoms with Crippen LogP contribution in [0, 0.1) is 16.7 Å². The Morgan fingerprint density at radius 1 is 1.24 bits per heavy atom. The predicted octanol–water partition coefficient (Wildman–Crippen LogP) is 2.75. The molecule has 6 nitrogen and oxygen atoms in total. The first-order chi connectivity index (χ1) is 11.9. The summed E-state index contributed by atoms with van der Waals surface area (Å²) in [5.74, 6) is -0.162. The third-order valence-corrected chi connectivity index (χ3v) is 4.91. The number of carbonyl (C=O) groups excluding carboxylic acids is 2. The molecule has 3 rings (SSSR count). The first kappa shape index (κ1) is 16.8. The van der Waals surface area contributed by atoms with Crippen LogP contribution in [0.2, 0.25) is 0 Å². The Kier molecular flexibility index (Phi) is 3.88. The summed E-state index contributed by atoms with van der Waals surface area (Å²) >= 11 is 0. The fraction of sp³-hybridized carbons (Fsp3) is 0.316. The zero-order valence-electron chi connectivity index (χ0n) is 14.3. The quantitative estimate of drug-likeness (QED) is 0.778. The molecule has 0 saturated carbocycles. The zero-order valence-corrected chi connectivity index (χ0v) is 14.3. The van der Waals surface area contributed by atoms with Crippen molar-refractivity contribution in [3.8, 4) is 6.07 Å². The highest BCUT2D eigenvalue weighted by Crippen LogP contribution is 2.49. The molecule has 0 bridgehead atoms. The van der Waals surface area contributed by atoms with Crippen molar-refractivity contribution in [3.05, 3.63) is 60.4 Å². The van der Waals surface area contributed by atoms with Crippen LogP contribution >= 0.6 is 0 Å². The number of amides is 2. The van der Waals surface area contributed by atoms with Crippen LogP contribution in [0.25, 0.3) is 0 Å². The van der Waals surface area contributed by atoms with Gasteiger partial charge in [-0.15, -0.1) is 0 Å². The van der Waals surface area contributed by atoms with Crippen LogP contribution in [-0.4, -0.2) is 35.0 Å². The number of methoxy groups -OCH3 is 1. The van der Waals surface area contributed by atoms with Gasteiger partial charge in [0.15, 0.2) is 0 Å². The van der Waals surface area contributed by atoms with Crippen molar-refractivity contribution >= 4 is 12.0 Å². The number of rotatable bonds is 2. The Hall–Kier alpha value is -3.07. The molecule has 128 valence electrons. The Bertz CT molecular complexity index is 791. The van der Waals surface area contributed by atoms with Gasteiger partial charge in [-0.05, 0) is 31.6 Å². The van der Waals surface area contributed by atoms with Crippen molar-refractivity contribution in [1.82, 2.24) is 9.80 Å². The lowest BCUT2D eigenvalue weighted by Gasteiger charge is -2.57. The van der Waals surface area contributed by atoms with Crippen molar-refractivity contribution in [2.45, 2.75) is 25.4 Å². The predicted molar refractivity (Wildman–Crippen MR) is 90.7 cm³/mol. The second-order valence-corrected chi connectivity index (χ2v) is 6.57. The molecule has 25 heavy (non-hydrogen) atoms. The number of nitrogens with zero attached hydrogens (tertiary/aromatic N) is 3. The first-order valence-corrected chi connectivity index (χ1v) is 7.92. The molecule has 1 atom stereocenters. The number of likely N-dealkylation sites (tertiary alicyclic amines) is 1. The molecule has 2 aliphatic rings. The van der Waals surface area contributed by atoms with E-state index in [4.69, 9.17) is 0 Å². The van der Waals surface area contributed by atoms with Crippen molar-refractivity contribution in [2.24, 2.45) is 5.41 Å². The zero-order chi connectivity index (χ0) is 18.2. The third kappa shape index (κ3) is 2.31. The smallest absolute Gasteiger partial charge is 0.417 e. The molecular weight excluding hydrogens is 318 g/mol. The van der Waals surface area contributed by atoms with E-state index in [1.807, 2.05) is 44.2 Å². The summed E-state index contributed by atoms with van der Waals surface area (Å²) in [6, 6.07) is 11.2. The van der Waals surface area contributed by atoms with Crippen molar-refractivity contribution in [2.75, 3.05) is 7.11 Å². The highest BCUT2D eigenvalue weighted by molar-refractivity contribution is 5.96. The van der Waals surface area contributed by atoms with E-state index in [2.05, 4.69) is 10.8 Å². The normalized spacial score (nSPS) is 21.0. The maximum atomic E-state index is 13.0. The Morgan fingerprint density at radius 3 is 2.36 bits per heavy atom. The van der Waals surface area contributed by atoms with Gasteiger partial charge in [-0.25, -0.2) is 4.79 Å². The first-order valence-electron chi connectivity index (χ1n) is 7.92. The summed E-state index contributed by atoms with van der Waals surface area (Å²) in [7, 11) is 1.28. The van der Waals surface area contributed by atoms with E-state index in [1.165, 1.54) is 24.4 Å². The molecule has 2 aliphatic heterocycles. The summed E-state index contributed by atoms with van der Waals surface area (Å²) in [4.78, 5) is 27.4. The fourth-order valence-electron chi connectivity index (χ4n) is 3.38. The summed E-state index contributed by atoms with van der Waals surface area (Å²) in [5.41, 5.74) is -0.699. The SMILES string of the molecule is COC(=O)N1C=CC2(C=C1)C(=O)N(C(C)(C)c1ccccc1)C2C#N. The molecule has 1 aromatic rings. The van der Waals surface area contributed by atoms with Crippen LogP contribution in [-0.2, 0) is 15.1 Å². The molecule has 2 amide bonds. The molecule has 1 saturated heterocycles. The van der Waals surface area contributed by atoms with Crippen LogP contribution in [0.15, 0.2) is 54.9 Å². The summed E-state index contributed by atoms with van der Waals surface area (Å²) in [6.07, 6.45) is 5.58. The second kappa shape index (κ2) is 5.78. The highest BCUT2D eigenvalue weighted by Gasteiger charge is 2.63. The number of nitriles is 1. The number of ether oxygens (including phenoxy) is 1. The Labute approximate surface area is 146 Å². The lowest BCUT2D eigenvalue weighted by molar-refractivity contribution is -0.167. The molecule has 1 fully saturated rings. The standard InChI is InChI=1S/C19H19N3O3/c1-18(2,14-7-5-4-6-8-14)22-15(13-20)19(16(22)23)9-11-21(12-10-19)17(24)25-3/h4-12,15H,1-3H3. The van der Waals surface area contributed by atoms with E-state index in [-0.39, 0.29) is 5.91 Å². The summed E-state index contributed by atoms with van der Waals surface area (Å²) < 4.78 is 4.65. The van der Waals surface area contributed by atoms with E-state index in [0.717, 1.165) is 5.56 Å². The third-order valence-electron chi connectivity index (χ3n) is 4.91. The number of benzene rings is 1. The minimum atomic E-state index is -1.04. The van der Waals surface area contributed by atoms with E-state index in [9.17, 15) is 14.9 Å². The number of hydrogen-bond acceptors (Lipinski definition) is 4. The maximum Gasteiger partial charge on any atom is 0.417 e. The van der Waals surface area contributed by atoms with Crippen LogP contribution in [0.1, 0.15) is 19.4 Å². The summed E-state index contributed by atoms with van der Waals surface area (Å²) in [5, 5.41) is 9.71. The molecule has 0 radical (unpaired) electrons. The molecule has 1 aromatic carbocycles. The molecular formula is C19H19N3O3. The number of hydrogen-bond donors (Lipinski definition) is 0. The number of carbonyl (C=O) groups is 2. The van der Waals surface area contributed by atoms with Crippen molar-refractivity contribution < 1.29 is 14.3 Å². The van der Waals surface area contributed by atoms with Crippen molar-refractivity contribution in [1.29, 1.82) is 5.26 Å². The van der Waals surface area contributed by atoms with Crippen LogP contribution in [0.3, 0.4) is 0 Å². The summed E-state index contributed by atoms with van der Waals surface area (Å²) in [6.45, 7) is 3.85. The van der Waals surface area contributed by atoms with E-state index in [0.29, 0.717) is 0 Å². The molecule has 0 N–H and O–H groups in total. The highest BCUT2D eigenvalue weighted by atomic mass is 16.5. The fourth-order valence-corrected chi connectivity index (χ4v) is 3.38.